The minimum Gasteiger partial charge on any atom is -0.497 e. The standard InChI is InChI=1S/C18H22N2O3S/c1-22-14-8-12(9-15(11-14)23-2)10-16-17(21)20-18(24-16)19-13-6-4-3-5-7-13/h8-11,13H,3-7H2,1-2H3,(H,19,20,21)/b16-10-. The van der Waals surface area contributed by atoms with Crippen LogP contribution in [0.25, 0.3) is 6.08 Å². The Morgan fingerprint density at radius 2 is 1.79 bits per heavy atom. The van der Waals surface area contributed by atoms with Crippen LogP contribution in [0.2, 0.25) is 0 Å². The second-order valence-corrected chi connectivity index (χ2v) is 6.97. The van der Waals surface area contributed by atoms with Crippen molar-refractivity contribution in [2.24, 2.45) is 4.99 Å². The van der Waals surface area contributed by atoms with Crippen molar-refractivity contribution in [3.05, 3.63) is 28.7 Å². The van der Waals surface area contributed by atoms with E-state index in [1.165, 1.54) is 31.0 Å². The summed E-state index contributed by atoms with van der Waals surface area (Å²) in [4.78, 5) is 17.5. The SMILES string of the molecule is COc1cc(/C=C2\SC(=NC3CCCCC3)NC2=O)cc(OC)c1. The number of ether oxygens (including phenoxy) is 2. The third kappa shape index (κ3) is 4.12. The molecule has 1 saturated heterocycles. The van der Waals surface area contributed by atoms with Crippen molar-refractivity contribution in [1.82, 2.24) is 5.32 Å². The third-order valence-electron chi connectivity index (χ3n) is 4.20. The Balaban J connectivity index is 1.78. The number of nitrogens with zero attached hydrogens (tertiary/aromatic N) is 1. The van der Waals surface area contributed by atoms with Crippen LogP contribution in [0.3, 0.4) is 0 Å². The lowest BCUT2D eigenvalue weighted by molar-refractivity contribution is -0.115. The number of nitrogens with one attached hydrogen (secondary N) is 1. The number of carbonyl (C=O) groups is 1. The van der Waals surface area contributed by atoms with Gasteiger partial charge in [-0.25, -0.2) is 0 Å². The van der Waals surface area contributed by atoms with Crippen LogP contribution in [0.15, 0.2) is 28.1 Å². The number of benzene rings is 1. The molecule has 1 aliphatic heterocycles. The van der Waals surface area contributed by atoms with Crippen LogP contribution in [0.5, 0.6) is 11.5 Å². The molecule has 1 N–H and O–H groups in total. The van der Waals surface area contributed by atoms with E-state index >= 15 is 0 Å². The Kier molecular flexibility index (Phi) is 5.45. The lowest BCUT2D eigenvalue weighted by Crippen LogP contribution is -2.22. The van der Waals surface area contributed by atoms with Gasteiger partial charge in [0.25, 0.3) is 5.91 Å². The van der Waals surface area contributed by atoms with E-state index in [0.29, 0.717) is 27.6 Å². The minimum atomic E-state index is -0.101. The summed E-state index contributed by atoms with van der Waals surface area (Å²) in [5, 5.41) is 3.59. The first-order valence-electron chi connectivity index (χ1n) is 8.19. The van der Waals surface area contributed by atoms with Gasteiger partial charge in [-0.2, -0.15) is 0 Å². The number of amides is 1. The summed E-state index contributed by atoms with van der Waals surface area (Å²) in [7, 11) is 3.22. The molecule has 0 bridgehead atoms. The van der Waals surface area contributed by atoms with Gasteiger partial charge in [-0.15, -0.1) is 0 Å². The van der Waals surface area contributed by atoms with E-state index in [4.69, 9.17) is 14.5 Å². The van der Waals surface area contributed by atoms with E-state index in [1.54, 1.807) is 20.3 Å². The minimum absolute atomic E-state index is 0.101. The Hall–Kier alpha value is -1.95. The van der Waals surface area contributed by atoms with E-state index in [1.807, 2.05) is 18.2 Å². The first-order chi connectivity index (χ1) is 11.7. The van der Waals surface area contributed by atoms with Crippen molar-refractivity contribution in [2.45, 2.75) is 38.1 Å². The Morgan fingerprint density at radius 1 is 1.12 bits per heavy atom. The van der Waals surface area contributed by atoms with Gasteiger partial charge in [0.15, 0.2) is 5.17 Å². The highest BCUT2D eigenvalue weighted by Crippen LogP contribution is 2.30. The van der Waals surface area contributed by atoms with Crippen LogP contribution in [-0.2, 0) is 4.79 Å². The Morgan fingerprint density at radius 3 is 2.42 bits per heavy atom. The second kappa shape index (κ2) is 7.75. The third-order valence-corrected chi connectivity index (χ3v) is 5.12. The van der Waals surface area contributed by atoms with Crippen molar-refractivity contribution in [1.29, 1.82) is 0 Å². The first kappa shape index (κ1) is 16.9. The molecule has 0 aromatic heterocycles. The molecule has 2 aliphatic rings. The van der Waals surface area contributed by atoms with Crippen LogP contribution < -0.4 is 14.8 Å². The zero-order valence-electron chi connectivity index (χ0n) is 14.0. The normalized spacial score (nSPS) is 22.0. The van der Waals surface area contributed by atoms with Crippen molar-refractivity contribution in [3.8, 4) is 11.5 Å². The highest BCUT2D eigenvalue weighted by molar-refractivity contribution is 8.18. The van der Waals surface area contributed by atoms with Crippen molar-refractivity contribution in [3.63, 3.8) is 0 Å². The monoisotopic (exact) mass is 346 g/mol. The summed E-state index contributed by atoms with van der Waals surface area (Å²) in [6.07, 6.45) is 7.83. The average Bonchev–Trinajstić information content (AvgIpc) is 2.94. The number of amidine groups is 1. The van der Waals surface area contributed by atoms with E-state index in [9.17, 15) is 4.79 Å². The molecular formula is C18H22N2O3S. The zero-order chi connectivity index (χ0) is 16.9. The fourth-order valence-corrected chi connectivity index (χ4v) is 3.82. The number of hydrogen-bond donors (Lipinski definition) is 1. The summed E-state index contributed by atoms with van der Waals surface area (Å²) >= 11 is 1.40. The molecule has 0 unspecified atom stereocenters. The molecule has 2 fully saturated rings. The van der Waals surface area contributed by atoms with E-state index < -0.39 is 0 Å². The van der Waals surface area contributed by atoms with Gasteiger partial charge >= 0.3 is 0 Å². The summed E-state index contributed by atoms with van der Waals surface area (Å²) in [6.45, 7) is 0. The van der Waals surface area contributed by atoms with Crippen molar-refractivity contribution >= 4 is 28.9 Å². The summed E-state index contributed by atoms with van der Waals surface area (Å²) in [6, 6.07) is 5.90. The highest BCUT2D eigenvalue weighted by atomic mass is 32.2. The number of thioether (sulfide) groups is 1. The fraction of sp³-hybridized carbons (Fsp3) is 0.444. The molecule has 1 aromatic carbocycles. The first-order valence-corrected chi connectivity index (χ1v) is 9.01. The zero-order valence-corrected chi connectivity index (χ0v) is 14.8. The number of aliphatic imine (C=N–C) groups is 1. The maximum Gasteiger partial charge on any atom is 0.264 e. The second-order valence-electron chi connectivity index (χ2n) is 5.94. The number of carbonyl (C=O) groups excluding carboxylic acids is 1. The predicted molar refractivity (Wildman–Crippen MR) is 97.6 cm³/mol. The van der Waals surface area contributed by atoms with Crippen molar-refractivity contribution in [2.75, 3.05) is 14.2 Å². The van der Waals surface area contributed by atoms with Gasteiger partial charge < -0.3 is 14.8 Å². The molecule has 6 heteroatoms. The lowest BCUT2D eigenvalue weighted by Gasteiger charge is -2.17. The van der Waals surface area contributed by atoms with Crippen LogP contribution >= 0.6 is 11.8 Å². The molecule has 1 aromatic rings. The molecule has 0 spiro atoms. The largest absolute Gasteiger partial charge is 0.497 e. The smallest absolute Gasteiger partial charge is 0.264 e. The quantitative estimate of drug-likeness (QED) is 0.846. The molecule has 3 rings (SSSR count). The van der Waals surface area contributed by atoms with Crippen LogP contribution in [-0.4, -0.2) is 31.3 Å². The van der Waals surface area contributed by atoms with Gasteiger partial charge in [-0.3, -0.25) is 9.79 Å². The molecule has 5 nitrogen and oxygen atoms in total. The molecule has 1 heterocycles. The van der Waals surface area contributed by atoms with Gasteiger partial charge in [0.1, 0.15) is 11.5 Å². The number of rotatable bonds is 4. The molecule has 0 radical (unpaired) electrons. The van der Waals surface area contributed by atoms with Crippen LogP contribution in [0.1, 0.15) is 37.7 Å². The maximum absolute atomic E-state index is 12.2. The van der Waals surface area contributed by atoms with Gasteiger partial charge in [0.05, 0.1) is 25.2 Å². The van der Waals surface area contributed by atoms with Gasteiger partial charge in [-0.05, 0) is 48.4 Å². The Labute approximate surface area is 146 Å². The highest BCUT2D eigenvalue weighted by Gasteiger charge is 2.25. The molecule has 24 heavy (non-hydrogen) atoms. The van der Waals surface area contributed by atoms with Crippen LogP contribution in [0, 0.1) is 0 Å². The molecule has 1 amide bonds. The number of hydrogen-bond acceptors (Lipinski definition) is 5. The summed E-state index contributed by atoms with van der Waals surface area (Å²) in [5.41, 5.74) is 0.864. The summed E-state index contributed by atoms with van der Waals surface area (Å²) < 4.78 is 10.5. The molecule has 1 aliphatic carbocycles. The number of methoxy groups -OCH3 is 2. The molecular weight excluding hydrogens is 324 g/mol. The van der Waals surface area contributed by atoms with E-state index in [2.05, 4.69) is 5.32 Å². The predicted octanol–water partition coefficient (Wildman–Crippen LogP) is 3.60. The van der Waals surface area contributed by atoms with Gasteiger partial charge in [-0.1, -0.05) is 19.3 Å². The van der Waals surface area contributed by atoms with E-state index in [0.717, 1.165) is 18.4 Å². The fourth-order valence-electron chi connectivity index (χ4n) is 2.93. The summed E-state index contributed by atoms with van der Waals surface area (Å²) in [5.74, 6) is 1.29. The maximum atomic E-state index is 12.2. The van der Waals surface area contributed by atoms with Crippen LogP contribution in [0.4, 0.5) is 0 Å². The average molecular weight is 346 g/mol. The van der Waals surface area contributed by atoms with E-state index in [-0.39, 0.29) is 5.91 Å². The Bertz CT molecular complexity index is 657. The molecule has 1 saturated carbocycles. The van der Waals surface area contributed by atoms with Gasteiger partial charge in [0.2, 0.25) is 0 Å². The molecule has 128 valence electrons. The molecule has 0 atom stereocenters. The van der Waals surface area contributed by atoms with Crippen molar-refractivity contribution < 1.29 is 14.3 Å². The lowest BCUT2D eigenvalue weighted by atomic mass is 9.96. The van der Waals surface area contributed by atoms with Gasteiger partial charge in [0, 0.05) is 6.07 Å². The topological polar surface area (TPSA) is 59.9 Å².